The van der Waals surface area contributed by atoms with E-state index in [0.717, 1.165) is 15.7 Å². The second kappa shape index (κ2) is 9.64. The quantitative estimate of drug-likeness (QED) is 0.553. The number of carbonyl (C=O) groups is 2. The Balaban J connectivity index is 1.65. The van der Waals surface area contributed by atoms with E-state index in [0.29, 0.717) is 24.5 Å². The summed E-state index contributed by atoms with van der Waals surface area (Å²) in [6.45, 7) is 2.41. The minimum absolute atomic E-state index is 0.0963. The van der Waals surface area contributed by atoms with Gasteiger partial charge in [-0.25, -0.2) is 4.68 Å². The van der Waals surface area contributed by atoms with Crippen molar-refractivity contribution in [2.45, 2.75) is 13.5 Å². The van der Waals surface area contributed by atoms with Gasteiger partial charge in [-0.3, -0.25) is 9.59 Å². The maximum Gasteiger partial charge on any atom is 0.274 e. The normalized spacial score (nSPS) is 10.8. The first kappa shape index (κ1) is 21.7. The van der Waals surface area contributed by atoms with E-state index in [9.17, 15) is 9.59 Å². The molecule has 2 aromatic carbocycles. The van der Waals surface area contributed by atoms with Crippen molar-refractivity contribution in [1.82, 2.24) is 25.2 Å². The summed E-state index contributed by atoms with van der Waals surface area (Å²) in [7, 11) is 3.67. The zero-order valence-electron chi connectivity index (χ0n) is 17.0. The van der Waals surface area contributed by atoms with E-state index < -0.39 is 0 Å². The number of nitrogens with zero attached hydrogens (tertiary/aromatic N) is 4. The monoisotopic (exact) mass is 470 g/mol. The Morgan fingerprint density at radius 2 is 1.90 bits per heavy atom. The predicted octanol–water partition coefficient (Wildman–Crippen LogP) is 2.77. The summed E-state index contributed by atoms with van der Waals surface area (Å²) in [4.78, 5) is 26.3. The summed E-state index contributed by atoms with van der Waals surface area (Å²) >= 11 is 3.43. The van der Waals surface area contributed by atoms with Gasteiger partial charge in [0.05, 0.1) is 17.9 Å². The van der Waals surface area contributed by atoms with Crippen LogP contribution < -0.4 is 10.6 Å². The van der Waals surface area contributed by atoms with Gasteiger partial charge in [0, 0.05) is 16.7 Å². The maximum atomic E-state index is 12.6. The molecule has 3 aromatic rings. The average Bonchev–Trinajstić information content (AvgIpc) is 3.07. The van der Waals surface area contributed by atoms with Crippen LogP contribution in [0, 0.1) is 6.92 Å². The summed E-state index contributed by atoms with van der Waals surface area (Å²) in [5.41, 5.74) is 3.28. The van der Waals surface area contributed by atoms with Crippen molar-refractivity contribution < 1.29 is 9.59 Å². The highest BCUT2D eigenvalue weighted by molar-refractivity contribution is 9.10. The molecule has 0 aliphatic carbocycles. The number of benzene rings is 2. The molecular weight excluding hydrogens is 448 g/mol. The number of nitrogens with one attached hydrogen (secondary N) is 2. The van der Waals surface area contributed by atoms with Crippen LogP contribution in [0.2, 0.25) is 0 Å². The van der Waals surface area contributed by atoms with Crippen LogP contribution in [0.1, 0.15) is 21.7 Å². The lowest BCUT2D eigenvalue weighted by atomic mass is 10.2. The maximum absolute atomic E-state index is 12.6. The molecule has 0 saturated heterocycles. The molecule has 9 heteroatoms. The molecule has 0 unspecified atom stereocenters. The van der Waals surface area contributed by atoms with Gasteiger partial charge in [-0.2, -0.15) is 0 Å². The number of anilines is 1. The smallest absolute Gasteiger partial charge is 0.274 e. The average molecular weight is 471 g/mol. The third-order valence-electron chi connectivity index (χ3n) is 4.29. The van der Waals surface area contributed by atoms with Crippen LogP contribution in [0.4, 0.5) is 5.69 Å². The van der Waals surface area contributed by atoms with Crippen molar-refractivity contribution in [2.75, 3.05) is 26.0 Å². The number of amides is 2. The Hall–Kier alpha value is -3.04. The lowest BCUT2D eigenvalue weighted by Crippen LogP contribution is -2.27. The molecule has 0 bridgehead atoms. The third-order valence-corrected chi connectivity index (χ3v) is 4.78. The van der Waals surface area contributed by atoms with Crippen molar-refractivity contribution in [3.63, 3.8) is 0 Å². The van der Waals surface area contributed by atoms with Crippen molar-refractivity contribution >= 4 is 33.4 Å². The van der Waals surface area contributed by atoms with Gasteiger partial charge in [-0.15, -0.1) is 5.10 Å². The minimum atomic E-state index is -0.309. The number of carbonyl (C=O) groups excluding carboxylic acids is 2. The van der Waals surface area contributed by atoms with E-state index in [1.807, 2.05) is 62.6 Å². The first-order valence-corrected chi connectivity index (χ1v) is 10.1. The summed E-state index contributed by atoms with van der Waals surface area (Å²) in [5, 5.41) is 13.9. The molecule has 1 heterocycles. The van der Waals surface area contributed by atoms with Gasteiger partial charge >= 0.3 is 0 Å². The fourth-order valence-electron chi connectivity index (χ4n) is 2.90. The Labute approximate surface area is 183 Å². The summed E-state index contributed by atoms with van der Waals surface area (Å²) in [6.07, 6.45) is 0. The lowest BCUT2D eigenvalue weighted by molar-refractivity contribution is -0.116. The first-order chi connectivity index (χ1) is 14.3. The largest absolute Gasteiger partial charge is 0.347 e. The lowest BCUT2D eigenvalue weighted by Gasteiger charge is -2.11. The predicted molar refractivity (Wildman–Crippen MR) is 119 cm³/mol. The Kier molecular flexibility index (Phi) is 6.96. The molecule has 2 amide bonds. The first-order valence-electron chi connectivity index (χ1n) is 9.33. The molecule has 30 heavy (non-hydrogen) atoms. The fraction of sp³-hybridized carbons (Fsp3) is 0.238. The van der Waals surface area contributed by atoms with E-state index in [1.54, 1.807) is 16.5 Å². The fourth-order valence-corrected chi connectivity index (χ4v) is 3.29. The van der Waals surface area contributed by atoms with Gasteiger partial charge in [0.2, 0.25) is 5.91 Å². The van der Waals surface area contributed by atoms with Gasteiger partial charge in [-0.05, 0) is 56.9 Å². The zero-order valence-corrected chi connectivity index (χ0v) is 18.6. The zero-order chi connectivity index (χ0) is 21.7. The van der Waals surface area contributed by atoms with E-state index in [2.05, 4.69) is 36.9 Å². The number of aromatic nitrogens is 3. The highest BCUT2D eigenvalue weighted by Crippen LogP contribution is 2.17. The van der Waals surface area contributed by atoms with Crippen LogP contribution in [-0.4, -0.2) is 52.3 Å². The van der Waals surface area contributed by atoms with Crippen LogP contribution in [0.25, 0.3) is 5.69 Å². The Morgan fingerprint density at radius 1 is 1.13 bits per heavy atom. The number of halogens is 1. The molecule has 0 spiro atoms. The van der Waals surface area contributed by atoms with Gasteiger partial charge in [0.15, 0.2) is 5.69 Å². The Bertz CT molecular complexity index is 1060. The van der Waals surface area contributed by atoms with E-state index in [4.69, 9.17) is 0 Å². The van der Waals surface area contributed by atoms with Crippen molar-refractivity contribution in [3.8, 4) is 5.69 Å². The number of likely N-dealkylation sites (N-methyl/N-ethyl adjacent to an activating group) is 1. The van der Waals surface area contributed by atoms with Crippen LogP contribution in [0.5, 0.6) is 0 Å². The molecule has 0 aliphatic rings. The molecule has 2 N–H and O–H groups in total. The van der Waals surface area contributed by atoms with Crippen molar-refractivity contribution in [2.24, 2.45) is 0 Å². The van der Waals surface area contributed by atoms with Crippen LogP contribution in [0.3, 0.4) is 0 Å². The van der Waals surface area contributed by atoms with Gasteiger partial charge < -0.3 is 15.5 Å². The topological polar surface area (TPSA) is 92.2 Å². The summed E-state index contributed by atoms with van der Waals surface area (Å²) in [5.74, 6) is -0.406. The molecular formula is C21H23BrN6O2. The molecule has 0 saturated carbocycles. The summed E-state index contributed by atoms with van der Waals surface area (Å²) < 4.78 is 2.54. The third kappa shape index (κ3) is 5.52. The Morgan fingerprint density at radius 3 is 2.63 bits per heavy atom. The molecule has 0 atom stereocenters. The number of hydrogen-bond acceptors (Lipinski definition) is 5. The molecule has 0 fully saturated rings. The van der Waals surface area contributed by atoms with Crippen LogP contribution >= 0.6 is 15.9 Å². The molecule has 156 valence electrons. The van der Waals surface area contributed by atoms with Crippen LogP contribution in [0.15, 0.2) is 53.0 Å². The van der Waals surface area contributed by atoms with Crippen molar-refractivity contribution in [3.05, 3.63) is 70.0 Å². The van der Waals surface area contributed by atoms with E-state index in [1.165, 1.54) is 0 Å². The molecule has 1 aromatic heterocycles. The van der Waals surface area contributed by atoms with Gasteiger partial charge in [-0.1, -0.05) is 39.3 Å². The van der Waals surface area contributed by atoms with E-state index in [-0.39, 0.29) is 17.5 Å². The van der Waals surface area contributed by atoms with Crippen molar-refractivity contribution in [1.29, 1.82) is 0 Å². The highest BCUT2D eigenvalue weighted by atomic mass is 79.9. The van der Waals surface area contributed by atoms with E-state index >= 15 is 0 Å². The molecule has 0 aliphatic heterocycles. The molecule has 3 rings (SSSR count). The molecule has 8 nitrogen and oxygen atoms in total. The number of hydrogen-bond donors (Lipinski definition) is 2. The number of rotatable bonds is 7. The SMILES string of the molecule is Cc1c(C(=O)NCc2cccc(NC(=O)CN(C)C)c2)nnn1-c1cccc(Br)c1. The second-order valence-electron chi connectivity index (χ2n) is 7.08. The second-order valence-corrected chi connectivity index (χ2v) is 8.00. The highest BCUT2D eigenvalue weighted by Gasteiger charge is 2.17. The van der Waals surface area contributed by atoms with Gasteiger partial charge in [0.25, 0.3) is 5.91 Å². The minimum Gasteiger partial charge on any atom is -0.347 e. The van der Waals surface area contributed by atoms with Crippen LogP contribution in [-0.2, 0) is 11.3 Å². The van der Waals surface area contributed by atoms with Gasteiger partial charge in [0.1, 0.15) is 0 Å². The summed E-state index contributed by atoms with van der Waals surface area (Å²) in [6, 6.07) is 15.0. The standard InChI is InChI=1S/C21H23BrN6O2/c1-14-20(25-26-28(14)18-9-5-7-16(22)11-18)21(30)23-12-15-6-4-8-17(10-15)24-19(29)13-27(2)3/h4-11H,12-13H2,1-3H3,(H,23,30)(H,24,29). The molecule has 0 radical (unpaired) electrons.